The molecular formula is C16H20O6. The molecule has 6 heteroatoms. The standard InChI is InChI=1S/C7H6O2.C6H8O2.C3H6O2/c8-7(9)6-4-2-1-3-5-6;1-2-3-4-5-6(7)8;1-2-3(4)5/h1-5H,(H,8,9);2-5H,1H3,(H,7,8);2H2,1H3,(H,4,5)/b;3-2+,5-4+;. The zero-order valence-electron chi connectivity index (χ0n) is 12.5. The van der Waals surface area contributed by atoms with E-state index in [0.29, 0.717) is 5.56 Å². The molecule has 120 valence electrons. The van der Waals surface area contributed by atoms with E-state index in [4.69, 9.17) is 15.3 Å². The number of carbonyl (C=O) groups is 3. The van der Waals surface area contributed by atoms with Gasteiger partial charge in [-0.25, -0.2) is 9.59 Å². The van der Waals surface area contributed by atoms with Gasteiger partial charge in [-0.15, -0.1) is 0 Å². The topological polar surface area (TPSA) is 112 Å². The summed E-state index contributed by atoms with van der Waals surface area (Å²) in [6, 6.07) is 8.30. The Labute approximate surface area is 129 Å². The largest absolute Gasteiger partial charge is 0.481 e. The lowest BCUT2D eigenvalue weighted by Crippen LogP contribution is -1.93. The average Bonchev–Trinajstić information content (AvgIpc) is 2.49. The van der Waals surface area contributed by atoms with Crippen molar-refractivity contribution in [3.8, 4) is 0 Å². The molecule has 0 aliphatic carbocycles. The number of aromatic carboxylic acids is 1. The van der Waals surface area contributed by atoms with Crippen LogP contribution in [-0.4, -0.2) is 33.2 Å². The molecule has 0 aliphatic rings. The molecule has 22 heavy (non-hydrogen) atoms. The van der Waals surface area contributed by atoms with Gasteiger partial charge in [0, 0.05) is 12.5 Å². The molecule has 0 atom stereocenters. The molecule has 0 fully saturated rings. The van der Waals surface area contributed by atoms with Crippen LogP contribution in [0.2, 0.25) is 0 Å². The highest BCUT2D eigenvalue weighted by Crippen LogP contribution is 1.96. The lowest BCUT2D eigenvalue weighted by molar-refractivity contribution is -0.136. The van der Waals surface area contributed by atoms with Crippen molar-refractivity contribution in [2.45, 2.75) is 20.3 Å². The first-order valence-electron chi connectivity index (χ1n) is 6.37. The van der Waals surface area contributed by atoms with Gasteiger partial charge in [0.2, 0.25) is 0 Å². The summed E-state index contributed by atoms with van der Waals surface area (Å²) in [5.41, 5.74) is 0.331. The fourth-order valence-electron chi connectivity index (χ4n) is 0.830. The van der Waals surface area contributed by atoms with Crippen LogP contribution in [0, 0.1) is 0 Å². The minimum Gasteiger partial charge on any atom is -0.481 e. The quantitative estimate of drug-likeness (QED) is 0.582. The van der Waals surface area contributed by atoms with Gasteiger partial charge < -0.3 is 15.3 Å². The highest BCUT2D eigenvalue weighted by Gasteiger charge is 1.96. The van der Waals surface area contributed by atoms with E-state index < -0.39 is 17.9 Å². The first kappa shape index (κ1) is 21.4. The molecule has 1 aromatic carbocycles. The molecule has 0 radical (unpaired) electrons. The molecule has 0 saturated heterocycles. The third-order valence-corrected chi connectivity index (χ3v) is 1.87. The van der Waals surface area contributed by atoms with Crippen LogP contribution in [0.3, 0.4) is 0 Å². The van der Waals surface area contributed by atoms with Crippen LogP contribution >= 0.6 is 0 Å². The number of hydrogen-bond acceptors (Lipinski definition) is 3. The van der Waals surface area contributed by atoms with Crippen LogP contribution in [0.4, 0.5) is 0 Å². The minimum atomic E-state index is -0.914. The fourth-order valence-corrected chi connectivity index (χ4v) is 0.830. The van der Waals surface area contributed by atoms with Crippen molar-refractivity contribution in [2.75, 3.05) is 0 Å². The summed E-state index contributed by atoms with van der Waals surface area (Å²) in [6.07, 6.45) is 6.20. The van der Waals surface area contributed by atoms with Gasteiger partial charge in [0.05, 0.1) is 5.56 Å². The van der Waals surface area contributed by atoms with Gasteiger partial charge in [-0.2, -0.15) is 0 Å². The zero-order valence-corrected chi connectivity index (χ0v) is 12.5. The second-order valence-corrected chi connectivity index (χ2v) is 3.64. The van der Waals surface area contributed by atoms with Gasteiger partial charge >= 0.3 is 17.9 Å². The molecule has 1 rings (SSSR count). The summed E-state index contributed by atoms with van der Waals surface area (Å²) < 4.78 is 0. The fraction of sp³-hybridized carbons (Fsp3) is 0.188. The smallest absolute Gasteiger partial charge is 0.335 e. The van der Waals surface area contributed by atoms with Crippen molar-refractivity contribution in [3.63, 3.8) is 0 Å². The number of hydrogen-bond donors (Lipinski definition) is 3. The van der Waals surface area contributed by atoms with Crippen molar-refractivity contribution >= 4 is 17.9 Å². The van der Waals surface area contributed by atoms with Gasteiger partial charge in [0.15, 0.2) is 0 Å². The van der Waals surface area contributed by atoms with Gasteiger partial charge in [-0.05, 0) is 19.1 Å². The Morgan fingerprint density at radius 3 is 1.77 bits per heavy atom. The van der Waals surface area contributed by atoms with Crippen LogP contribution in [0.1, 0.15) is 30.6 Å². The van der Waals surface area contributed by atoms with E-state index in [2.05, 4.69) is 0 Å². The molecule has 0 aliphatic heterocycles. The van der Waals surface area contributed by atoms with Crippen molar-refractivity contribution in [3.05, 3.63) is 60.2 Å². The Kier molecular flexibility index (Phi) is 14.1. The first-order chi connectivity index (χ1) is 10.3. The molecule has 1 aromatic rings. The first-order valence-corrected chi connectivity index (χ1v) is 6.37. The average molecular weight is 308 g/mol. The Balaban J connectivity index is 0. The van der Waals surface area contributed by atoms with Crippen LogP contribution in [0.5, 0.6) is 0 Å². The van der Waals surface area contributed by atoms with Crippen molar-refractivity contribution in [2.24, 2.45) is 0 Å². The number of aliphatic carboxylic acids is 2. The van der Waals surface area contributed by atoms with Crippen LogP contribution in [0.25, 0.3) is 0 Å². The van der Waals surface area contributed by atoms with Crippen molar-refractivity contribution in [1.82, 2.24) is 0 Å². The van der Waals surface area contributed by atoms with E-state index in [-0.39, 0.29) is 6.42 Å². The Morgan fingerprint density at radius 1 is 1.00 bits per heavy atom. The van der Waals surface area contributed by atoms with Gasteiger partial charge in [-0.1, -0.05) is 43.4 Å². The Morgan fingerprint density at radius 2 is 1.50 bits per heavy atom. The minimum absolute atomic E-state index is 0.222. The second-order valence-electron chi connectivity index (χ2n) is 3.64. The maximum Gasteiger partial charge on any atom is 0.335 e. The number of carboxylic acid groups (broad SMARTS) is 3. The molecular weight excluding hydrogens is 288 g/mol. The summed E-state index contributed by atoms with van der Waals surface area (Å²) in [7, 11) is 0. The maximum absolute atomic E-state index is 10.2. The molecule has 0 aromatic heterocycles. The van der Waals surface area contributed by atoms with Gasteiger partial charge in [-0.3, -0.25) is 4.79 Å². The SMILES string of the molecule is C/C=C/C=C/C(=O)O.CCC(=O)O.O=C(O)c1ccccc1. The normalized spacial score (nSPS) is 9.36. The predicted molar refractivity (Wildman–Crippen MR) is 82.9 cm³/mol. The van der Waals surface area contributed by atoms with E-state index >= 15 is 0 Å². The third kappa shape index (κ3) is 17.1. The predicted octanol–water partition coefficient (Wildman–Crippen LogP) is 3.07. The van der Waals surface area contributed by atoms with Gasteiger partial charge in [0.25, 0.3) is 0 Å². The molecule has 6 nitrogen and oxygen atoms in total. The molecule has 0 amide bonds. The molecule has 0 heterocycles. The van der Waals surface area contributed by atoms with E-state index in [1.54, 1.807) is 49.4 Å². The van der Waals surface area contributed by atoms with E-state index in [1.807, 2.05) is 6.92 Å². The Bertz CT molecular complexity index is 503. The van der Waals surface area contributed by atoms with E-state index in [1.165, 1.54) is 6.08 Å². The molecule has 0 unspecified atom stereocenters. The molecule has 0 spiro atoms. The summed E-state index contributed by atoms with van der Waals surface area (Å²) in [5, 5.41) is 24.1. The Hall–Kier alpha value is -2.89. The summed E-state index contributed by atoms with van der Waals surface area (Å²) in [6.45, 7) is 3.43. The number of allylic oxidation sites excluding steroid dienone is 3. The molecule has 0 bridgehead atoms. The third-order valence-electron chi connectivity index (χ3n) is 1.87. The number of rotatable bonds is 4. The summed E-state index contributed by atoms with van der Waals surface area (Å²) in [5.74, 6) is -2.54. The van der Waals surface area contributed by atoms with Crippen LogP contribution in [-0.2, 0) is 9.59 Å². The second kappa shape index (κ2) is 14.5. The van der Waals surface area contributed by atoms with Crippen molar-refractivity contribution < 1.29 is 29.7 Å². The number of carboxylic acids is 3. The summed E-state index contributed by atoms with van der Waals surface area (Å²) in [4.78, 5) is 29.3. The van der Waals surface area contributed by atoms with E-state index in [0.717, 1.165) is 6.08 Å². The van der Waals surface area contributed by atoms with Crippen LogP contribution < -0.4 is 0 Å². The monoisotopic (exact) mass is 308 g/mol. The summed E-state index contributed by atoms with van der Waals surface area (Å²) >= 11 is 0. The number of benzene rings is 1. The molecule has 0 saturated carbocycles. The highest BCUT2D eigenvalue weighted by atomic mass is 16.4. The molecule has 3 N–H and O–H groups in total. The zero-order chi connectivity index (χ0) is 17.4. The lowest BCUT2D eigenvalue weighted by Gasteiger charge is -1.88. The lowest BCUT2D eigenvalue weighted by atomic mass is 10.2. The highest BCUT2D eigenvalue weighted by molar-refractivity contribution is 5.87. The van der Waals surface area contributed by atoms with E-state index in [9.17, 15) is 14.4 Å². The van der Waals surface area contributed by atoms with Crippen molar-refractivity contribution in [1.29, 1.82) is 0 Å². The van der Waals surface area contributed by atoms with Gasteiger partial charge in [0.1, 0.15) is 0 Å². The maximum atomic E-state index is 10.2. The van der Waals surface area contributed by atoms with Crippen LogP contribution in [0.15, 0.2) is 54.6 Å².